The molecular weight excluding hydrogens is 292 g/mol. The molecule has 1 aromatic carbocycles. The van der Waals surface area contributed by atoms with Gasteiger partial charge in [0.15, 0.2) is 0 Å². The largest absolute Gasteiger partial charge is 0.388 e. The summed E-state index contributed by atoms with van der Waals surface area (Å²) >= 11 is 0. The van der Waals surface area contributed by atoms with Gasteiger partial charge < -0.3 is 15.4 Å². The fourth-order valence-corrected chi connectivity index (χ4v) is 2.64. The highest BCUT2D eigenvalue weighted by Gasteiger charge is 2.18. The SMILES string of the molecule is Cc1cc(C)c(C(=O)N[C@H](C)C[C@@H](O)c2ccccc2)c(=O)[nH]1. The first kappa shape index (κ1) is 17.0. The van der Waals surface area contributed by atoms with Gasteiger partial charge in [-0.2, -0.15) is 0 Å². The molecule has 0 spiro atoms. The van der Waals surface area contributed by atoms with Gasteiger partial charge in [-0.25, -0.2) is 0 Å². The average Bonchev–Trinajstić information content (AvgIpc) is 2.46. The standard InChI is InChI=1S/C18H22N2O3/c1-11-9-12(2)19-17(22)16(11)18(23)20-13(3)10-15(21)14-7-5-4-6-8-14/h4-9,13,15,21H,10H2,1-3H3,(H,19,22)(H,20,23)/t13-,15-/m1/s1. The number of aryl methyl sites for hydroxylation is 2. The molecule has 5 nitrogen and oxygen atoms in total. The number of hydrogen-bond acceptors (Lipinski definition) is 3. The number of nitrogens with one attached hydrogen (secondary N) is 2. The number of aromatic amines is 1. The molecule has 1 amide bonds. The molecule has 2 atom stereocenters. The Morgan fingerprint density at radius 3 is 2.52 bits per heavy atom. The van der Waals surface area contributed by atoms with E-state index in [0.29, 0.717) is 12.0 Å². The minimum absolute atomic E-state index is 0.122. The number of carbonyl (C=O) groups excluding carboxylic acids is 1. The molecule has 2 aromatic rings. The molecule has 0 aliphatic heterocycles. The number of aliphatic hydroxyl groups excluding tert-OH is 1. The second-order valence-electron chi connectivity index (χ2n) is 5.88. The van der Waals surface area contributed by atoms with Crippen LogP contribution in [0.15, 0.2) is 41.2 Å². The summed E-state index contributed by atoms with van der Waals surface area (Å²) in [5.74, 6) is -0.420. The number of amides is 1. The summed E-state index contributed by atoms with van der Waals surface area (Å²) in [6, 6.07) is 10.8. The van der Waals surface area contributed by atoms with E-state index in [0.717, 1.165) is 11.3 Å². The summed E-state index contributed by atoms with van der Waals surface area (Å²) < 4.78 is 0. The molecule has 0 unspecified atom stereocenters. The van der Waals surface area contributed by atoms with E-state index in [4.69, 9.17) is 0 Å². The maximum Gasteiger partial charge on any atom is 0.261 e. The lowest BCUT2D eigenvalue weighted by molar-refractivity contribution is 0.0915. The van der Waals surface area contributed by atoms with E-state index in [2.05, 4.69) is 10.3 Å². The van der Waals surface area contributed by atoms with Gasteiger partial charge in [-0.3, -0.25) is 9.59 Å². The third-order valence-electron chi connectivity index (χ3n) is 3.73. The van der Waals surface area contributed by atoms with E-state index in [9.17, 15) is 14.7 Å². The Morgan fingerprint density at radius 2 is 1.91 bits per heavy atom. The first-order valence-corrected chi connectivity index (χ1v) is 7.63. The third-order valence-corrected chi connectivity index (χ3v) is 3.73. The zero-order chi connectivity index (χ0) is 17.0. The Hall–Kier alpha value is -2.40. The monoisotopic (exact) mass is 314 g/mol. The van der Waals surface area contributed by atoms with Crippen LogP contribution < -0.4 is 10.9 Å². The second-order valence-corrected chi connectivity index (χ2v) is 5.88. The predicted molar refractivity (Wildman–Crippen MR) is 89.5 cm³/mol. The number of aromatic nitrogens is 1. The van der Waals surface area contributed by atoms with Crippen molar-refractivity contribution in [1.29, 1.82) is 0 Å². The van der Waals surface area contributed by atoms with E-state index < -0.39 is 17.6 Å². The van der Waals surface area contributed by atoms with Crippen molar-refractivity contribution < 1.29 is 9.90 Å². The highest BCUT2D eigenvalue weighted by Crippen LogP contribution is 2.17. The Morgan fingerprint density at radius 1 is 1.26 bits per heavy atom. The summed E-state index contributed by atoms with van der Waals surface area (Å²) in [5.41, 5.74) is 1.89. The third kappa shape index (κ3) is 4.29. The first-order chi connectivity index (χ1) is 10.9. The minimum Gasteiger partial charge on any atom is -0.388 e. The number of rotatable bonds is 5. The van der Waals surface area contributed by atoms with Gasteiger partial charge in [0.25, 0.3) is 11.5 Å². The van der Waals surface area contributed by atoms with E-state index in [1.165, 1.54) is 0 Å². The molecule has 0 fully saturated rings. The van der Waals surface area contributed by atoms with E-state index in [-0.39, 0.29) is 11.6 Å². The highest BCUT2D eigenvalue weighted by molar-refractivity contribution is 5.95. The first-order valence-electron chi connectivity index (χ1n) is 7.63. The fraction of sp³-hybridized carbons (Fsp3) is 0.333. The van der Waals surface area contributed by atoms with E-state index in [1.807, 2.05) is 37.3 Å². The fourth-order valence-electron chi connectivity index (χ4n) is 2.64. The van der Waals surface area contributed by atoms with E-state index >= 15 is 0 Å². The van der Waals surface area contributed by atoms with Gasteiger partial charge in [0.2, 0.25) is 0 Å². The van der Waals surface area contributed by atoms with Gasteiger partial charge in [0.05, 0.1) is 6.10 Å². The molecule has 1 heterocycles. The number of pyridine rings is 1. The summed E-state index contributed by atoms with van der Waals surface area (Å²) in [4.78, 5) is 26.9. The van der Waals surface area contributed by atoms with Crippen LogP contribution in [0.2, 0.25) is 0 Å². The van der Waals surface area contributed by atoms with Crippen LogP contribution in [-0.2, 0) is 0 Å². The van der Waals surface area contributed by atoms with Gasteiger partial charge in [-0.1, -0.05) is 30.3 Å². The van der Waals surface area contributed by atoms with Crippen LogP contribution in [0.25, 0.3) is 0 Å². The van der Waals surface area contributed by atoms with Crippen LogP contribution in [0.1, 0.15) is 46.6 Å². The lowest BCUT2D eigenvalue weighted by Crippen LogP contribution is -2.37. The lowest BCUT2D eigenvalue weighted by Gasteiger charge is -2.18. The summed E-state index contributed by atoms with van der Waals surface area (Å²) in [6.45, 7) is 5.32. The molecule has 0 aliphatic rings. The molecule has 2 rings (SSSR count). The van der Waals surface area contributed by atoms with Crippen molar-refractivity contribution >= 4 is 5.91 Å². The molecule has 1 aromatic heterocycles. The number of hydrogen-bond donors (Lipinski definition) is 3. The topological polar surface area (TPSA) is 82.2 Å². The van der Waals surface area contributed by atoms with Crippen LogP contribution in [0.5, 0.6) is 0 Å². The van der Waals surface area contributed by atoms with Crippen molar-refractivity contribution in [3.8, 4) is 0 Å². The Labute approximate surface area is 135 Å². The smallest absolute Gasteiger partial charge is 0.261 e. The molecule has 0 saturated heterocycles. The van der Waals surface area contributed by atoms with Gasteiger partial charge in [0.1, 0.15) is 5.56 Å². The normalized spacial score (nSPS) is 13.4. The van der Waals surface area contributed by atoms with Crippen LogP contribution in [0.3, 0.4) is 0 Å². The van der Waals surface area contributed by atoms with Gasteiger partial charge >= 0.3 is 0 Å². The maximum absolute atomic E-state index is 12.3. The zero-order valence-electron chi connectivity index (χ0n) is 13.6. The Kier molecular flexibility index (Phi) is 5.34. The molecule has 5 heteroatoms. The number of aliphatic hydroxyl groups is 1. The van der Waals surface area contributed by atoms with Crippen molar-refractivity contribution in [2.75, 3.05) is 0 Å². The van der Waals surface area contributed by atoms with Crippen molar-refractivity contribution in [2.24, 2.45) is 0 Å². The molecule has 23 heavy (non-hydrogen) atoms. The minimum atomic E-state index is -0.663. The van der Waals surface area contributed by atoms with Crippen LogP contribution in [-0.4, -0.2) is 22.0 Å². The van der Waals surface area contributed by atoms with Gasteiger partial charge in [0, 0.05) is 11.7 Å². The molecule has 0 aliphatic carbocycles. The van der Waals surface area contributed by atoms with E-state index in [1.54, 1.807) is 19.9 Å². The van der Waals surface area contributed by atoms with Crippen molar-refractivity contribution in [2.45, 2.75) is 39.3 Å². The molecule has 0 saturated carbocycles. The van der Waals surface area contributed by atoms with Crippen molar-refractivity contribution in [3.05, 3.63) is 69.1 Å². The molecule has 0 bridgehead atoms. The van der Waals surface area contributed by atoms with Crippen molar-refractivity contribution in [1.82, 2.24) is 10.3 Å². The predicted octanol–water partition coefficient (Wildman–Crippen LogP) is 2.23. The van der Waals surface area contributed by atoms with Gasteiger partial charge in [-0.15, -0.1) is 0 Å². The Balaban J connectivity index is 2.04. The van der Waals surface area contributed by atoms with Crippen LogP contribution in [0.4, 0.5) is 0 Å². The molecular formula is C18H22N2O3. The average molecular weight is 314 g/mol. The Bertz CT molecular complexity index is 738. The maximum atomic E-state index is 12.3. The molecule has 0 radical (unpaired) electrons. The van der Waals surface area contributed by atoms with Crippen LogP contribution in [0, 0.1) is 13.8 Å². The molecule has 3 N–H and O–H groups in total. The zero-order valence-corrected chi connectivity index (χ0v) is 13.6. The summed E-state index contributed by atoms with van der Waals surface area (Å²) in [5, 5.41) is 13.0. The molecule has 122 valence electrons. The van der Waals surface area contributed by atoms with Crippen molar-refractivity contribution in [3.63, 3.8) is 0 Å². The quantitative estimate of drug-likeness (QED) is 0.791. The van der Waals surface area contributed by atoms with Gasteiger partial charge in [-0.05, 0) is 44.4 Å². The number of H-pyrrole nitrogens is 1. The van der Waals surface area contributed by atoms with Crippen LogP contribution >= 0.6 is 0 Å². The lowest BCUT2D eigenvalue weighted by atomic mass is 10.0. The number of benzene rings is 1. The highest BCUT2D eigenvalue weighted by atomic mass is 16.3. The summed E-state index contributed by atoms with van der Waals surface area (Å²) in [6.07, 6.45) is -0.289. The second kappa shape index (κ2) is 7.24. The number of carbonyl (C=O) groups is 1. The summed E-state index contributed by atoms with van der Waals surface area (Å²) in [7, 11) is 0.